The maximum atomic E-state index is 14.2. The molecule has 0 unspecified atom stereocenters. The Morgan fingerprint density at radius 3 is 2.29 bits per heavy atom. The fraction of sp³-hybridized carbons (Fsp3) is 0.619. The summed E-state index contributed by atoms with van der Waals surface area (Å²) in [6.07, 6.45) is 0.931. The molecule has 0 radical (unpaired) electrons. The number of piperidine rings is 3. The van der Waals surface area contributed by atoms with Crippen molar-refractivity contribution in [3.8, 4) is 0 Å². The predicted molar refractivity (Wildman–Crippen MR) is 214 cm³/mol. The minimum absolute atomic E-state index is 0.0662. The number of likely N-dealkylation sites (tertiary alicyclic amines) is 3. The highest BCUT2D eigenvalue weighted by molar-refractivity contribution is 6.33. The molecule has 4 aliphatic rings. The third kappa shape index (κ3) is 11.1. The molecule has 12 nitrogen and oxygen atoms in total. The van der Waals surface area contributed by atoms with Gasteiger partial charge in [-0.05, 0) is 106 Å². The van der Waals surface area contributed by atoms with Crippen LogP contribution in [-0.2, 0) is 38.1 Å². The molecule has 4 aliphatic heterocycles. The predicted octanol–water partition coefficient (Wildman–Crippen LogP) is 7.37. The Morgan fingerprint density at radius 1 is 0.931 bits per heavy atom. The third-order valence-electron chi connectivity index (χ3n) is 12.2. The number of benzene rings is 2. The molecule has 0 aliphatic carbocycles. The van der Waals surface area contributed by atoms with E-state index in [-0.39, 0.29) is 54.2 Å². The van der Waals surface area contributed by atoms with Crippen molar-refractivity contribution in [2.75, 3.05) is 63.5 Å². The fourth-order valence-electron chi connectivity index (χ4n) is 8.70. The van der Waals surface area contributed by atoms with Gasteiger partial charge in [0.25, 0.3) is 5.91 Å². The van der Waals surface area contributed by atoms with Crippen molar-refractivity contribution < 1.29 is 41.8 Å². The molecule has 0 aromatic heterocycles. The highest BCUT2D eigenvalue weighted by atomic mass is 35.5. The highest BCUT2D eigenvalue weighted by Crippen LogP contribution is 2.38. The van der Waals surface area contributed by atoms with E-state index >= 15 is 0 Å². The standard InChI is InChI=1S/C42H56ClF3N6O6/c1-2-3-24-57-37(53)9-8-28-10-17-49(18-11-28)31-13-19-50(20-14-31)39(54)36(27-29-25-33(42(44,45)46)38(47)34(43)26-29)58-41(56)51-21-15-32(16-22-51)52-23-12-30-6-4-5-7-35(30)48-40(52)55/h4-7,25-26,28,31-32,36H,2-3,8-24,27,47H2,1H3,(H,48,55)/t36-/m1/s1. The van der Waals surface area contributed by atoms with Crippen molar-refractivity contribution >= 4 is 47.0 Å². The molecule has 0 spiro atoms. The van der Waals surface area contributed by atoms with Gasteiger partial charge in [-0.3, -0.25) is 9.59 Å². The van der Waals surface area contributed by atoms with Crippen LogP contribution in [0.1, 0.15) is 87.8 Å². The van der Waals surface area contributed by atoms with Crippen molar-refractivity contribution in [1.29, 1.82) is 0 Å². The third-order valence-corrected chi connectivity index (χ3v) is 12.5. The number of carbonyl (C=O) groups excluding carboxylic acids is 4. The number of nitrogens with two attached hydrogens (primary N) is 1. The van der Waals surface area contributed by atoms with Gasteiger partial charge in [0, 0.05) is 63.3 Å². The average Bonchev–Trinajstić information content (AvgIpc) is 3.38. The SMILES string of the molecule is CCCCOC(=O)CCC1CCN(C2CCN(C(=O)[C@@H](Cc3cc(Cl)c(N)c(C(F)(F)F)c3)OC(=O)N3CCC(N4CCc5ccccc5NC4=O)CC3)CC2)CC1. The molecule has 2 aromatic rings. The zero-order valence-electron chi connectivity index (χ0n) is 33.2. The maximum Gasteiger partial charge on any atom is 0.418 e. The van der Waals surface area contributed by atoms with Crippen LogP contribution in [0.2, 0.25) is 5.02 Å². The number of alkyl halides is 3. The van der Waals surface area contributed by atoms with Crippen LogP contribution in [0.4, 0.5) is 34.1 Å². The van der Waals surface area contributed by atoms with Crippen molar-refractivity contribution in [2.24, 2.45) is 5.92 Å². The number of hydrogen-bond acceptors (Lipinski definition) is 8. The lowest BCUT2D eigenvalue weighted by Gasteiger charge is -2.42. The molecule has 1 atom stereocenters. The summed E-state index contributed by atoms with van der Waals surface area (Å²) < 4.78 is 52.9. The van der Waals surface area contributed by atoms with Gasteiger partial charge >= 0.3 is 24.3 Å². The Bertz CT molecular complexity index is 1760. The quantitative estimate of drug-likeness (QED) is 0.129. The largest absolute Gasteiger partial charge is 0.466 e. The van der Waals surface area contributed by atoms with Crippen LogP contribution < -0.4 is 11.1 Å². The zero-order valence-corrected chi connectivity index (χ0v) is 34.0. The van der Waals surface area contributed by atoms with Gasteiger partial charge in [-0.2, -0.15) is 13.2 Å². The molecule has 0 bridgehead atoms. The Morgan fingerprint density at radius 2 is 1.60 bits per heavy atom. The zero-order chi connectivity index (χ0) is 41.4. The Kier molecular flexibility index (Phi) is 14.7. The summed E-state index contributed by atoms with van der Waals surface area (Å²) in [4.78, 5) is 60.4. The van der Waals surface area contributed by atoms with Crippen LogP contribution in [-0.4, -0.2) is 114 Å². The molecule has 0 saturated carbocycles. The maximum absolute atomic E-state index is 14.2. The van der Waals surface area contributed by atoms with Gasteiger partial charge in [0.1, 0.15) is 0 Å². The van der Waals surface area contributed by atoms with E-state index in [1.807, 2.05) is 24.3 Å². The number of amides is 4. The first-order valence-electron chi connectivity index (χ1n) is 20.7. The van der Waals surface area contributed by atoms with Gasteiger partial charge in [-0.25, -0.2) is 9.59 Å². The molecule has 58 heavy (non-hydrogen) atoms. The van der Waals surface area contributed by atoms with Crippen molar-refractivity contribution in [3.63, 3.8) is 0 Å². The van der Waals surface area contributed by atoms with Crippen molar-refractivity contribution in [2.45, 2.75) is 108 Å². The first-order chi connectivity index (χ1) is 27.8. The van der Waals surface area contributed by atoms with Crippen LogP contribution in [0, 0.1) is 5.92 Å². The van der Waals surface area contributed by atoms with E-state index in [0.717, 1.165) is 62.5 Å². The number of nitrogens with zero attached hydrogens (tertiary/aromatic N) is 4. The number of esters is 1. The molecule has 4 amide bonds. The fourth-order valence-corrected chi connectivity index (χ4v) is 8.94. The average molecular weight is 833 g/mol. The molecular weight excluding hydrogens is 777 g/mol. The van der Waals surface area contributed by atoms with Gasteiger partial charge in [0.05, 0.1) is 22.9 Å². The van der Waals surface area contributed by atoms with Crippen LogP contribution in [0.25, 0.3) is 0 Å². The van der Waals surface area contributed by atoms with E-state index in [1.165, 1.54) is 11.0 Å². The normalized spacial score (nSPS) is 19.6. The summed E-state index contributed by atoms with van der Waals surface area (Å²) in [7, 11) is 0. The van der Waals surface area contributed by atoms with Gasteiger partial charge in [-0.15, -0.1) is 0 Å². The number of unbranched alkanes of at least 4 members (excludes halogenated alkanes) is 1. The van der Waals surface area contributed by atoms with Crippen LogP contribution in [0.15, 0.2) is 36.4 Å². The Hall–Kier alpha value is -4.24. The van der Waals surface area contributed by atoms with Crippen LogP contribution in [0.5, 0.6) is 0 Å². The monoisotopic (exact) mass is 832 g/mol. The van der Waals surface area contributed by atoms with Crippen LogP contribution in [0.3, 0.4) is 0 Å². The number of nitrogens with one attached hydrogen (secondary N) is 1. The number of para-hydroxylation sites is 1. The number of carbonyl (C=O) groups is 4. The number of fused-ring (bicyclic) bond motifs is 1. The molecule has 3 N–H and O–H groups in total. The number of halogens is 4. The van der Waals surface area contributed by atoms with E-state index in [9.17, 15) is 32.3 Å². The number of ether oxygens (including phenoxy) is 2. The number of hydrogen-bond donors (Lipinski definition) is 2. The number of nitrogen functional groups attached to an aromatic ring is 1. The van der Waals surface area contributed by atoms with Crippen LogP contribution >= 0.6 is 11.6 Å². The first kappa shape index (κ1) is 43.3. The number of rotatable bonds is 12. The summed E-state index contributed by atoms with van der Waals surface area (Å²) in [6.45, 7) is 6.24. The molecule has 318 valence electrons. The summed E-state index contributed by atoms with van der Waals surface area (Å²) in [5, 5.41) is 2.69. The lowest BCUT2D eigenvalue weighted by atomic mass is 9.90. The van der Waals surface area contributed by atoms with Gasteiger partial charge in [-0.1, -0.05) is 43.1 Å². The highest BCUT2D eigenvalue weighted by Gasteiger charge is 2.38. The Labute approximate surface area is 343 Å². The molecular formula is C42H56ClF3N6O6. The second-order valence-corrected chi connectivity index (χ2v) is 16.4. The Balaban J connectivity index is 1.05. The minimum Gasteiger partial charge on any atom is -0.466 e. The first-order valence-corrected chi connectivity index (χ1v) is 21.1. The van der Waals surface area contributed by atoms with Crippen molar-refractivity contribution in [1.82, 2.24) is 19.6 Å². The second kappa shape index (κ2) is 19.7. The van der Waals surface area contributed by atoms with E-state index in [0.29, 0.717) is 70.7 Å². The molecule has 6 rings (SSSR count). The summed E-state index contributed by atoms with van der Waals surface area (Å²) in [5.74, 6) is -0.148. The second-order valence-electron chi connectivity index (χ2n) is 16.0. The molecule has 16 heteroatoms. The molecule has 4 heterocycles. The van der Waals surface area contributed by atoms with E-state index < -0.39 is 35.5 Å². The van der Waals surface area contributed by atoms with E-state index in [1.54, 1.807) is 9.80 Å². The number of anilines is 2. The molecule has 3 saturated heterocycles. The molecule has 3 fully saturated rings. The lowest BCUT2D eigenvalue weighted by molar-refractivity contribution is -0.144. The van der Waals surface area contributed by atoms with E-state index in [2.05, 4.69) is 17.1 Å². The van der Waals surface area contributed by atoms with Gasteiger partial charge in [0.15, 0.2) is 6.10 Å². The lowest BCUT2D eigenvalue weighted by Crippen LogP contribution is -2.53. The topological polar surface area (TPSA) is 138 Å². The summed E-state index contributed by atoms with van der Waals surface area (Å²) in [6, 6.07) is 9.77. The smallest absolute Gasteiger partial charge is 0.418 e. The van der Waals surface area contributed by atoms with Gasteiger partial charge < -0.3 is 40.1 Å². The van der Waals surface area contributed by atoms with Gasteiger partial charge in [0.2, 0.25) is 0 Å². The minimum atomic E-state index is -4.78. The molecule has 2 aromatic carbocycles. The number of urea groups is 1. The summed E-state index contributed by atoms with van der Waals surface area (Å²) in [5.41, 5.74) is 5.86. The van der Waals surface area contributed by atoms with E-state index in [4.69, 9.17) is 26.8 Å². The van der Waals surface area contributed by atoms with Crippen molar-refractivity contribution in [3.05, 3.63) is 58.1 Å². The summed E-state index contributed by atoms with van der Waals surface area (Å²) >= 11 is 6.15.